The van der Waals surface area contributed by atoms with Gasteiger partial charge < -0.3 is 15.4 Å². The predicted molar refractivity (Wildman–Crippen MR) is 130 cm³/mol. The number of nitrogens with one attached hydrogen (secondary N) is 3. The van der Waals surface area contributed by atoms with Crippen molar-refractivity contribution in [3.63, 3.8) is 0 Å². The van der Waals surface area contributed by atoms with Gasteiger partial charge in [0.15, 0.2) is 6.61 Å². The minimum absolute atomic E-state index is 0.128. The van der Waals surface area contributed by atoms with Gasteiger partial charge in [-0.25, -0.2) is 5.43 Å². The Morgan fingerprint density at radius 2 is 1.56 bits per heavy atom. The molecule has 0 radical (unpaired) electrons. The zero-order valence-corrected chi connectivity index (χ0v) is 18.8. The molecule has 174 valence electrons. The van der Waals surface area contributed by atoms with Crippen LogP contribution in [0.5, 0.6) is 5.75 Å². The van der Waals surface area contributed by atoms with E-state index in [-0.39, 0.29) is 19.1 Å². The van der Waals surface area contributed by atoms with Crippen LogP contribution in [0.4, 0.5) is 5.69 Å². The molecular weight excluding hydrogens is 432 g/mol. The fraction of sp³-hybridized carbons (Fsp3) is 0.154. The molecule has 8 nitrogen and oxygen atoms in total. The van der Waals surface area contributed by atoms with E-state index in [4.69, 9.17) is 4.74 Å². The van der Waals surface area contributed by atoms with Gasteiger partial charge in [-0.15, -0.1) is 0 Å². The molecule has 3 aromatic rings. The Hall–Kier alpha value is -4.46. The lowest BCUT2D eigenvalue weighted by Gasteiger charge is -2.08. The molecule has 3 rings (SSSR count). The zero-order valence-electron chi connectivity index (χ0n) is 18.8. The minimum atomic E-state index is -0.859. The molecule has 0 aliphatic carbocycles. The van der Waals surface area contributed by atoms with E-state index in [1.807, 2.05) is 54.6 Å². The van der Waals surface area contributed by atoms with Crippen molar-refractivity contribution in [1.29, 1.82) is 0 Å². The van der Waals surface area contributed by atoms with Gasteiger partial charge in [-0.3, -0.25) is 14.4 Å². The average Bonchev–Trinajstić information content (AvgIpc) is 2.87. The second-order valence-corrected chi connectivity index (χ2v) is 7.32. The first-order valence-corrected chi connectivity index (χ1v) is 10.8. The Labute approximate surface area is 198 Å². The topological polar surface area (TPSA) is 109 Å². The summed E-state index contributed by atoms with van der Waals surface area (Å²) >= 11 is 0. The van der Waals surface area contributed by atoms with Crippen molar-refractivity contribution >= 4 is 29.6 Å². The van der Waals surface area contributed by atoms with Gasteiger partial charge in [-0.1, -0.05) is 49.4 Å². The van der Waals surface area contributed by atoms with Crippen LogP contribution in [0, 0.1) is 0 Å². The van der Waals surface area contributed by atoms with E-state index in [0.29, 0.717) is 17.0 Å². The number of carbonyl (C=O) groups excluding carboxylic acids is 3. The van der Waals surface area contributed by atoms with E-state index < -0.39 is 11.8 Å². The third-order valence-electron chi connectivity index (χ3n) is 4.78. The Bertz CT molecular complexity index is 1130. The maximum atomic E-state index is 12.1. The van der Waals surface area contributed by atoms with Crippen molar-refractivity contribution in [2.75, 3.05) is 11.9 Å². The summed E-state index contributed by atoms with van der Waals surface area (Å²) in [5, 5.41) is 9.10. The molecule has 0 atom stereocenters. The third-order valence-corrected chi connectivity index (χ3v) is 4.78. The van der Waals surface area contributed by atoms with Crippen LogP contribution >= 0.6 is 0 Å². The smallest absolute Gasteiger partial charge is 0.329 e. The summed E-state index contributed by atoms with van der Waals surface area (Å²) < 4.78 is 5.50. The standard InChI is InChI=1S/C26H26N4O4/c1-2-19-8-12-22(13-9-19)29-24(31)18-34-23-14-10-21(11-15-23)17-28-30-26(33)25(32)27-16-20-6-4-3-5-7-20/h3-15,17H,2,16,18H2,1H3,(H,27,32)(H,29,31)(H,30,33)/b28-17-. The maximum absolute atomic E-state index is 12.1. The monoisotopic (exact) mass is 458 g/mol. The number of amides is 3. The predicted octanol–water partition coefficient (Wildman–Crippen LogP) is 3.03. The van der Waals surface area contributed by atoms with E-state index >= 15 is 0 Å². The van der Waals surface area contributed by atoms with Gasteiger partial charge in [-0.05, 0) is 59.5 Å². The molecule has 3 aromatic carbocycles. The summed E-state index contributed by atoms with van der Waals surface area (Å²) in [6.07, 6.45) is 2.34. The van der Waals surface area contributed by atoms with E-state index in [0.717, 1.165) is 12.0 Å². The number of benzene rings is 3. The van der Waals surface area contributed by atoms with Gasteiger partial charge in [0.25, 0.3) is 5.91 Å². The van der Waals surface area contributed by atoms with Gasteiger partial charge in [0, 0.05) is 12.2 Å². The first kappa shape index (κ1) is 24.2. The molecule has 0 saturated carbocycles. The molecule has 0 aliphatic rings. The van der Waals surface area contributed by atoms with Crippen LogP contribution in [-0.2, 0) is 27.3 Å². The van der Waals surface area contributed by atoms with Crippen molar-refractivity contribution in [1.82, 2.24) is 10.7 Å². The number of ether oxygens (including phenoxy) is 1. The Morgan fingerprint density at radius 3 is 2.24 bits per heavy atom. The van der Waals surface area contributed by atoms with Crippen molar-refractivity contribution in [3.05, 3.63) is 95.6 Å². The summed E-state index contributed by atoms with van der Waals surface area (Å²) in [5.41, 5.74) is 5.67. The molecule has 0 fully saturated rings. The molecule has 0 bridgehead atoms. The molecule has 0 heterocycles. The molecule has 0 unspecified atom stereocenters. The van der Waals surface area contributed by atoms with Crippen molar-refractivity contribution in [2.24, 2.45) is 5.10 Å². The normalized spacial score (nSPS) is 10.5. The van der Waals surface area contributed by atoms with Crippen LogP contribution in [-0.4, -0.2) is 30.5 Å². The number of hydrogen-bond donors (Lipinski definition) is 3. The quantitative estimate of drug-likeness (QED) is 0.260. The van der Waals surface area contributed by atoms with Crippen LogP contribution < -0.4 is 20.8 Å². The molecule has 0 aliphatic heterocycles. The van der Waals surface area contributed by atoms with Crippen LogP contribution in [0.25, 0.3) is 0 Å². The lowest BCUT2D eigenvalue weighted by Crippen LogP contribution is -2.37. The summed E-state index contributed by atoms with van der Waals surface area (Å²) in [6.45, 7) is 2.19. The maximum Gasteiger partial charge on any atom is 0.329 e. The highest BCUT2D eigenvalue weighted by Gasteiger charge is 2.11. The molecule has 34 heavy (non-hydrogen) atoms. The molecule has 0 saturated heterocycles. The van der Waals surface area contributed by atoms with E-state index in [1.165, 1.54) is 11.8 Å². The van der Waals surface area contributed by atoms with Gasteiger partial charge in [0.1, 0.15) is 5.75 Å². The van der Waals surface area contributed by atoms with Crippen LogP contribution in [0.2, 0.25) is 0 Å². The number of nitrogens with zero attached hydrogens (tertiary/aromatic N) is 1. The summed E-state index contributed by atoms with van der Waals surface area (Å²) in [4.78, 5) is 35.7. The Morgan fingerprint density at radius 1 is 0.853 bits per heavy atom. The lowest BCUT2D eigenvalue weighted by molar-refractivity contribution is -0.139. The number of hydrogen-bond acceptors (Lipinski definition) is 5. The number of hydrazone groups is 1. The Kier molecular flexibility index (Phi) is 8.92. The fourth-order valence-electron chi connectivity index (χ4n) is 2.89. The third kappa shape index (κ3) is 7.90. The van der Waals surface area contributed by atoms with Crippen LogP contribution in [0.1, 0.15) is 23.6 Å². The minimum Gasteiger partial charge on any atom is -0.484 e. The highest BCUT2D eigenvalue weighted by Crippen LogP contribution is 2.12. The zero-order chi connectivity index (χ0) is 24.2. The van der Waals surface area contributed by atoms with Gasteiger partial charge in [-0.2, -0.15) is 5.10 Å². The van der Waals surface area contributed by atoms with Gasteiger partial charge >= 0.3 is 11.8 Å². The SMILES string of the molecule is CCc1ccc(NC(=O)COc2ccc(/C=N\NC(=O)C(=O)NCc3ccccc3)cc2)cc1. The largest absolute Gasteiger partial charge is 0.484 e. The van der Waals surface area contributed by atoms with Gasteiger partial charge in [0.2, 0.25) is 0 Å². The lowest BCUT2D eigenvalue weighted by atomic mass is 10.1. The first-order valence-electron chi connectivity index (χ1n) is 10.8. The summed E-state index contributed by atoms with van der Waals surface area (Å²) in [7, 11) is 0. The van der Waals surface area contributed by atoms with Crippen LogP contribution in [0.3, 0.4) is 0 Å². The molecule has 3 amide bonds. The van der Waals surface area contributed by atoms with E-state index in [1.54, 1.807) is 24.3 Å². The molecule has 0 spiro atoms. The molecule has 0 aromatic heterocycles. The molecule has 8 heteroatoms. The molecule has 3 N–H and O–H groups in total. The van der Waals surface area contributed by atoms with E-state index in [9.17, 15) is 14.4 Å². The number of carbonyl (C=O) groups is 3. The van der Waals surface area contributed by atoms with E-state index in [2.05, 4.69) is 28.1 Å². The van der Waals surface area contributed by atoms with Crippen molar-refractivity contribution < 1.29 is 19.1 Å². The van der Waals surface area contributed by atoms with Crippen LogP contribution in [0.15, 0.2) is 84.0 Å². The highest BCUT2D eigenvalue weighted by molar-refractivity contribution is 6.35. The molecular formula is C26H26N4O4. The number of rotatable bonds is 9. The Balaban J connectivity index is 1.39. The van der Waals surface area contributed by atoms with Crippen molar-refractivity contribution in [3.8, 4) is 5.75 Å². The second-order valence-electron chi connectivity index (χ2n) is 7.32. The summed E-state index contributed by atoms with van der Waals surface area (Å²) in [5.74, 6) is -1.38. The average molecular weight is 459 g/mol. The summed E-state index contributed by atoms with van der Waals surface area (Å²) in [6, 6.07) is 23.7. The first-order chi connectivity index (χ1) is 16.5. The number of aryl methyl sites for hydroxylation is 1. The number of anilines is 1. The highest BCUT2D eigenvalue weighted by atomic mass is 16.5. The van der Waals surface area contributed by atoms with Crippen molar-refractivity contribution in [2.45, 2.75) is 19.9 Å². The van der Waals surface area contributed by atoms with Gasteiger partial charge in [0.05, 0.1) is 6.21 Å². The second kappa shape index (κ2) is 12.5. The fourth-order valence-corrected chi connectivity index (χ4v) is 2.89.